The van der Waals surface area contributed by atoms with Gasteiger partial charge in [-0.3, -0.25) is 9.59 Å². The first kappa shape index (κ1) is 18.3. The Bertz CT molecular complexity index is 821. The average molecular weight is 419 g/mol. The molecule has 0 radical (unpaired) electrons. The summed E-state index contributed by atoms with van der Waals surface area (Å²) in [6, 6.07) is 11.0. The van der Waals surface area contributed by atoms with E-state index in [1.165, 1.54) is 6.92 Å². The Morgan fingerprint density at radius 1 is 1.12 bits per heavy atom. The van der Waals surface area contributed by atoms with Gasteiger partial charge in [0.15, 0.2) is 11.5 Å². The van der Waals surface area contributed by atoms with Gasteiger partial charge in [-0.1, -0.05) is 12.1 Å². The first-order chi connectivity index (χ1) is 12.5. The minimum atomic E-state index is -0.169. The topological polar surface area (TPSA) is 76.7 Å². The molecule has 6 nitrogen and oxygen atoms in total. The van der Waals surface area contributed by atoms with E-state index in [4.69, 9.17) is 9.47 Å². The molecule has 0 aliphatic carbocycles. The maximum atomic E-state index is 12.4. The van der Waals surface area contributed by atoms with E-state index in [-0.39, 0.29) is 11.8 Å². The largest absolute Gasteiger partial charge is 0.486 e. The van der Waals surface area contributed by atoms with E-state index in [2.05, 4.69) is 26.6 Å². The van der Waals surface area contributed by atoms with Gasteiger partial charge < -0.3 is 20.1 Å². The molecule has 3 rings (SSSR count). The Morgan fingerprint density at radius 3 is 2.58 bits per heavy atom. The van der Waals surface area contributed by atoms with Crippen molar-refractivity contribution in [2.24, 2.45) is 0 Å². The van der Waals surface area contributed by atoms with E-state index in [9.17, 15) is 9.59 Å². The van der Waals surface area contributed by atoms with Crippen molar-refractivity contribution in [3.63, 3.8) is 0 Å². The van der Waals surface area contributed by atoms with Crippen LogP contribution >= 0.6 is 15.9 Å². The summed E-state index contributed by atoms with van der Waals surface area (Å²) in [5.74, 6) is 0.935. The molecule has 1 aliphatic heterocycles. The van der Waals surface area contributed by atoms with E-state index in [1.54, 1.807) is 12.1 Å². The molecule has 0 unspecified atom stereocenters. The third-order valence-electron chi connectivity index (χ3n) is 3.83. The number of hydrogen-bond acceptors (Lipinski definition) is 4. The first-order valence-corrected chi connectivity index (χ1v) is 9.06. The maximum absolute atomic E-state index is 12.4. The van der Waals surface area contributed by atoms with Crippen LogP contribution in [-0.2, 0) is 11.2 Å². The SMILES string of the molecule is CC(=O)Nc1ccc(CCNC(=O)c2cc(Br)c3c(c2)OCCO3)cc1. The lowest BCUT2D eigenvalue weighted by atomic mass is 10.1. The molecule has 0 aromatic heterocycles. The smallest absolute Gasteiger partial charge is 0.251 e. The number of carbonyl (C=O) groups is 2. The number of amides is 2. The number of benzene rings is 2. The number of fused-ring (bicyclic) bond motifs is 1. The lowest BCUT2D eigenvalue weighted by Crippen LogP contribution is -2.26. The summed E-state index contributed by atoms with van der Waals surface area (Å²) in [6.07, 6.45) is 0.692. The number of hydrogen-bond donors (Lipinski definition) is 2. The van der Waals surface area contributed by atoms with E-state index in [1.807, 2.05) is 24.3 Å². The molecule has 2 amide bonds. The van der Waals surface area contributed by atoms with Crippen molar-refractivity contribution in [2.45, 2.75) is 13.3 Å². The molecule has 2 aromatic carbocycles. The highest BCUT2D eigenvalue weighted by Crippen LogP contribution is 2.38. The minimum Gasteiger partial charge on any atom is -0.486 e. The normalized spacial score (nSPS) is 12.4. The van der Waals surface area contributed by atoms with Crippen LogP contribution < -0.4 is 20.1 Å². The summed E-state index contributed by atoms with van der Waals surface area (Å²) in [7, 11) is 0. The van der Waals surface area contributed by atoms with Crippen LogP contribution in [0, 0.1) is 0 Å². The maximum Gasteiger partial charge on any atom is 0.251 e. The third kappa shape index (κ3) is 4.54. The molecular weight excluding hydrogens is 400 g/mol. The molecule has 0 fully saturated rings. The van der Waals surface area contributed by atoms with Crippen molar-refractivity contribution >= 4 is 33.4 Å². The van der Waals surface area contributed by atoms with Gasteiger partial charge in [0.05, 0.1) is 4.47 Å². The van der Waals surface area contributed by atoms with E-state index >= 15 is 0 Å². The van der Waals surface area contributed by atoms with Gasteiger partial charge in [-0.2, -0.15) is 0 Å². The number of carbonyl (C=O) groups excluding carboxylic acids is 2. The summed E-state index contributed by atoms with van der Waals surface area (Å²) >= 11 is 3.41. The van der Waals surface area contributed by atoms with Crippen molar-refractivity contribution in [3.05, 3.63) is 52.0 Å². The Labute approximate surface area is 160 Å². The molecule has 1 aliphatic rings. The number of rotatable bonds is 5. The van der Waals surface area contributed by atoms with Gasteiger partial charge >= 0.3 is 0 Å². The van der Waals surface area contributed by atoms with Gasteiger partial charge in [0.1, 0.15) is 13.2 Å². The average Bonchev–Trinajstić information content (AvgIpc) is 2.62. The molecule has 2 N–H and O–H groups in total. The second-order valence-corrected chi connectivity index (χ2v) is 6.72. The summed E-state index contributed by atoms with van der Waals surface area (Å²) in [5.41, 5.74) is 2.34. The zero-order chi connectivity index (χ0) is 18.5. The van der Waals surface area contributed by atoms with Crippen LogP contribution in [0.2, 0.25) is 0 Å². The van der Waals surface area contributed by atoms with Crippen LogP contribution in [-0.4, -0.2) is 31.6 Å². The van der Waals surface area contributed by atoms with Crippen molar-refractivity contribution < 1.29 is 19.1 Å². The number of halogens is 1. The fourth-order valence-electron chi connectivity index (χ4n) is 2.62. The fourth-order valence-corrected chi connectivity index (χ4v) is 3.18. The lowest BCUT2D eigenvalue weighted by Gasteiger charge is -2.20. The third-order valence-corrected chi connectivity index (χ3v) is 4.42. The Balaban J connectivity index is 1.56. The van der Waals surface area contributed by atoms with E-state index in [0.29, 0.717) is 47.7 Å². The molecule has 1 heterocycles. The van der Waals surface area contributed by atoms with Crippen molar-refractivity contribution in [3.8, 4) is 11.5 Å². The Morgan fingerprint density at radius 2 is 1.85 bits per heavy atom. The number of anilines is 1. The van der Waals surface area contributed by atoms with Crippen LogP contribution in [0.4, 0.5) is 5.69 Å². The molecule has 7 heteroatoms. The molecule has 0 bridgehead atoms. The fraction of sp³-hybridized carbons (Fsp3) is 0.263. The van der Waals surface area contributed by atoms with Crippen molar-refractivity contribution in [2.75, 3.05) is 25.1 Å². The van der Waals surface area contributed by atoms with Crippen molar-refractivity contribution in [1.29, 1.82) is 0 Å². The summed E-state index contributed by atoms with van der Waals surface area (Å²) < 4.78 is 11.8. The standard InChI is InChI=1S/C19H19BrN2O4/c1-12(23)22-15-4-2-13(3-5-15)6-7-21-19(24)14-10-16(20)18-17(11-14)25-8-9-26-18/h2-5,10-11H,6-9H2,1H3,(H,21,24)(H,22,23). The molecule has 0 spiro atoms. The van der Waals surface area contributed by atoms with Gasteiger partial charge in [-0.05, 0) is 52.2 Å². The highest BCUT2D eigenvalue weighted by molar-refractivity contribution is 9.10. The second kappa shape index (κ2) is 8.23. The van der Waals surface area contributed by atoms with Crippen LogP contribution in [0.1, 0.15) is 22.8 Å². The summed E-state index contributed by atoms with van der Waals surface area (Å²) in [6.45, 7) is 2.95. The minimum absolute atomic E-state index is 0.101. The van der Waals surface area contributed by atoms with Gasteiger partial charge in [0.2, 0.25) is 5.91 Å². The van der Waals surface area contributed by atoms with Crippen LogP contribution in [0.15, 0.2) is 40.9 Å². The van der Waals surface area contributed by atoms with Gasteiger partial charge in [-0.15, -0.1) is 0 Å². The molecule has 0 atom stereocenters. The van der Waals surface area contributed by atoms with Crippen molar-refractivity contribution in [1.82, 2.24) is 5.32 Å². The van der Waals surface area contributed by atoms with Gasteiger partial charge in [0.25, 0.3) is 5.91 Å². The number of nitrogens with one attached hydrogen (secondary N) is 2. The van der Waals surface area contributed by atoms with E-state index in [0.717, 1.165) is 11.3 Å². The van der Waals surface area contributed by atoms with Crippen LogP contribution in [0.5, 0.6) is 11.5 Å². The molecule has 2 aromatic rings. The highest BCUT2D eigenvalue weighted by atomic mass is 79.9. The lowest BCUT2D eigenvalue weighted by molar-refractivity contribution is -0.114. The number of ether oxygens (including phenoxy) is 2. The molecule has 0 saturated carbocycles. The van der Waals surface area contributed by atoms with Gasteiger partial charge in [-0.25, -0.2) is 0 Å². The van der Waals surface area contributed by atoms with Gasteiger partial charge in [0, 0.05) is 24.7 Å². The zero-order valence-corrected chi connectivity index (χ0v) is 15.9. The summed E-state index contributed by atoms with van der Waals surface area (Å²) in [4.78, 5) is 23.4. The molecule has 0 saturated heterocycles. The zero-order valence-electron chi connectivity index (χ0n) is 14.3. The monoisotopic (exact) mass is 418 g/mol. The predicted octanol–water partition coefficient (Wildman–Crippen LogP) is 3.15. The Kier molecular flexibility index (Phi) is 5.78. The quantitative estimate of drug-likeness (QED) is 0.781. The molecular formula is C19H19BrN2O4. The van der Waals surface area contributed by atoms with Crippen LogP contribution in [0.25, 0.3) is 0 Å². The highest BCUT2D eigenvalue weighted by Gasteiger charge is 2.18. The van der Waals surface area contributed by atoms with Crippen LogP contribution in [0.3, 0.4) is 0 Å². The van der Waals surface area contributed by atoms with E-state index < -0.39 is 0 Å². The second-order valence-electron chi connectivity index (χ2n) is 5.87. The predicted molar refractivity (Wildman–Crippen MR) is 102 cm³/mol. The Hall–Kier alpha value is -2.54. The summed E-state index contributed by atoms with van der Waals surface area (Å²) in [5, 5.41) is 5.63. The molecule has 26 heavy (non-hydrogen) atoms. The molecule has 136 valence electrons. The first-order valence-electron chi connectivity index (χ1n) is 8.27.